The first-order valence-corrected chi connectivity index (χ1v) is 6.19. The molecule has 0 fully saturated rings. The second-order valence-corrected chi connectivity index (χ2v) is 4.59. The summed E-state index contributed by atoms with van der Waals surface area (Å²) in [6, 6.07) is 3.95. The van der Waals surface area contributed by atoms with Crippen molar-refractivity contribution in [3.63, 3.8) is 0 Å². The van der Waals surface area contributed by atoms with Gasteiger partial charge in [-0.3, -0.25) is 4.79 Å². The second-order valence-electron chi connectivity index (χ2n) is 4.59. The molecule has 1 aliphatic rings. The Labute approximate surface area is 124 Å². The third-order valence-corrected chi connectivity index (χ3v) is 3.47. The minimum atomic E-state index is -0.316. The fraction of sp³-hybridized carbons (Fsp3) is 0.429. The molecule has 1 aromatic rings. The fourth-order valence-electron chi connectivity index (χ4n) is 2.44. The van der Waals surface area contributed by atoms with E-state index in [-0.39, 0.29) is 24.9 Å². The maximum absolute atomic E-state index is 11.1. The number of hydrogen-bond acceptors (Lipinski definition) is 3. The molecule has 5 nitrogen and oxygen atoms in total. The van der Waals surface area contributed by atoms with Crippen LogP contribution in [0.5, 0.6) is 11.5 Å². The molecule has 1 aromatic carbocycles. The number of amides is 1. The number of fused-ring (bicyclic) bond motifs is 1. The van der Waals surface area contributed by atoms with E-state index in [9.17, 15) is 4.79 Å². The maximum atomic E-state index is 11.1. The van der Waals surface area contributed by atoms with Gasteiger partial charge in [0, 0.05) is 18.9 Å². The van der Waals surface area contributed by atoms with Crippen LogP contribution in [0.3, 0.4) is 0 Å². The lowest BCUT2D eigenvalue weighted by molar-refractivity contribution is -0.517. The van der Waals surface area contributed by atoms with Crippen LogP contribution >= 0.6 is 0 Å². The normalized spacial score (nSPS) is 13.3. The molecular weight excluding hydrogens is 280 g/mol. The van der Waals surface area contributed by atoms with Crippen molar-refractivity contribution in [3.8, 4) is 11.5 Å². The Hall–Kier alpha value is -1.75. The highest BCUT2D eigenvalue weighted by atomic mass is 35.5. The van der Waals surface area contributed by atoms with Gasteiger partial charge in [-0.05, 0) is 17.7 Å². The van der Waals surface area contributed by atoms with Crippen molar-refractivity contribution in [1.29, 1.82) is 0 Å². The quantitative estimate of drug-likeness (QED) is 0.629. The number of nitrogens with two attached hydrogens (primary N) is 1. The molecule has 0 saturated carbocycles. The van der Waals surface area contributed by atoms with Crippen molar-refractivity contribution in [2.45, 2.75) is 13.3 Å². The van der Waals surface area contributed by atoms with Crippen LogP contribution < -0.4 is 27.6 Å². The zero-order valence-electron chi connectivity index (χ0n) is 11.9. The number of hydrogen-bond donors (Lipinski definition) is 1. The molecule has 1 amide bonds. The number of ether oxygens (including phenoxy) is 2. The van der Waals surface area contributed by atoms with Gasteiger partial charge in [0.1, 0.15) is 6.54 Å². The Morgan fingerprint density at radius 2 is 1.90 bits per heavy atom. The summed E-state index contributed by atoms with van der Waals surface area (Å²) in [7, 11) is 3.24. The van der Waals surface area contributed by atoms with Gasteiger partial charge in [-0.2, -0.15) is 0 Å². The lowest BCUT2D eigenvalue weighted by Gasteiger charge is -2.18. The Balaban J connectivity index is 0.00000200. The van der Waals surface area contributed by atoms with Gasteiger partial charge in [-0.15, -0.1) is 0 Å². The van der Waals surface area contributed by atoms with Crippen LogP contribution in [0.4, 0.5) is 0 Å². The second kappa shape index (κ2) is 6.61. The highest BCUT2D eigenvalue weighted by Crippen LogP contribution is 2.32. The predicted molar refractivity (Wildman–Crippen MR) is 72.2 cm³/mol. The van der Waals surface area contributed by atoms with Crippen LogP contribution in [-0.4, -0.2) is 43.5 Å². The zero-order valence-corrected chi connectivity index (χ0v) is 12.7. The van der Waals surface area contributed by atoms with E-state index in [2.05, 4.69) is 0 Å². The molecule has 0 atom stereocenters. The van der Waals surface area contributed by atoms with E-state index in [0.717, 1.165) is 30.0 Å². The first kappa shape index (κ1) is 16.3. The third-order valence-electron chi connectivity index (χ3n) is 3.47. The molecule has 1 heterocycles. The average molecular weight is 299 g/mol. The number of rotatable bonds is 4. The lowest BCUT2D eigenvalue weighted by atomic mass is 9.96. The van der Waals surface area contributed by atoms with Crippen molar-refractivity contribution < 1.29 is 31.3 Å². The molecule has 20 heavy (non-hydrogen) atoms. The van der Waals surface area contributed by atoms with E-state index in [0.29, 0.717) is 5.75 Å². The average Bonchev–Trinajstić information content (AvgIpc) is 2.40. The van der Waals surface area contributed by atoms with Crippen LogP contribution in [0.25, 0.3) is 0 Å². The summed E-state index contributed by atoms with van der Waals surface area (Å²) >= 11 is 0. The van der Waals surface area contributed by atoms with Gasteiger partial charge in [0.2, 0.25) is 6.54 Å². The number of carbonyl (C=O) groups is 1. The molecule has 0 saturated heterocycles. The van der Waals surface area contributed by atoms with Gasteiger partial charge in [0.05, 0.1) is 14.2 Å². The Morgan fingerprint density at radius 3 is 2.45 bits per heavy atom. The predicted octanol–water partition coefficient (Wildman–Crippen LogP) is -2.43. The zero-order chi connectivity index (χ0) is 14.0. The van der Waals surface area contributed by atoms with E-state index in [1.165, 1.54) is 5.56 Å². The summed E-state index contributed by atoms with van der Waals surface area (Å²) in [6.07, 6.45) is 0.861. The van der Waals surface area contributed by atoms with Crippen molar-refractivity contribution in [2.24, 2.45) is 5.73 Å². The molecule has 2 N–H and O–H groups in total. The topological polar surface area (TPSA) is 64.6 Å². The molecule has 0 bridgehead atoms. The van der Waals surface area contributed by atoms with E-state index in [1.54, 1.807) is 14.2 Å². The number of nitrogens with zero attached hydrogens (tertiary/aromatic N) is 1. The maximum Gasteiger partial charge on any atom is 0.282 e. The van der Waals surface area contributed by atoms with Gasteiger partial charge in [0.15, 0.2) is 17.2 Å². The SMILES string of the molecule is COc1cc2c(cc1OC)C(C)=[N+](CC(N)=O)CC2.[Cl-]. The minimum Gasteiger partial charge on any atom is -1.00 e. The van der Waals surface area contributed by atoms with E-state index >= 15 is 0 Å². The summed E-state index contributed by atoms with van der Waals surface area (Å²) in [4.78, 5) is 11.1. The first-order chi connectivity index (χ1) is 9.06. The van der Waals surface area contributed by atoms with Crippen LogP contribution in [0.15, 0.2) is 12.1 Å². The van der Waals surface area contributed by atoms with Crippen LogP contribution in [-0.2, 0) is 11.2 Å². The number of methoxy groups -OCH3 is 2. The van der Waals surface area contributed by atoms with Gasteiger partial charge in [-0.25, -0.2) is 4.58 Å². The molecule has 0 spiro atoms. The molecule has 2 rings (SSSR count). The van der Waals surface area contributed by atoms with E-state index in [4.69, 9.17) is 15.2 Å². The Kier molecular flexibility index (Phi) is 5.39. The molecule has 110 valence electrons. The smallest absolute Gasteiger partial charge is 0.282 e. The van der Waals surface area contributed by atoms with Crippen LogP contribution in [0.1, 0.15) is 18.1 Å². The number of primary amides is 1. The summed E-state index contributed by atoms with van der Waals surface area (Å²) in [5, 5.41) is 0. The molecule has 0 aliphatic carbocycles. The molecular formula is C14H19ClN2O3. The lowest BCUT2D eigenvalue weighted by Crippen LogP contribution is -3.00. The summed E-state index contributed by atoms with van der Waals surface area (Å²) in [5.41, 5.74) is 8.60. The third kappa shape index (κ3) is 3.04. The summed E-state index contributed by atoms with van der Waals surface area (Å²) < 4.78 is 12.6. The van der Waals surface area contributed by atoms with Gasteiger partial charge in [0.25, 0.3) is 5.91 Å². The molecule has 1 aliphatic heterocycles. The van der Waals surface area contributed by atoms with E-state index < -0.39 is 0 Å². The minimum absolute atomic E-state index is 0. The number of benzene rings is 1. The van der Waals surface area contributed by atoms with Crippen LogP contribution in [0.2, 0.25) is 0 Å². The van der Waals surface area contributed by atoms with Crippen molar-refractivity contribution >= 4 is 11.6 Å². The number of carbonyl (C=O) groups excluding carboxylic acids is 1. The highest BCUT2D eigenvalue weighted by molar-refractivity contribution is 5.98. The van der Waals surface area contributed by atoms with Gasteiger partial charge < -0.3 is 27.6 Å². The summed E-state index contributed by atoms with van der Waals surface area (Å²) in [6.45, 7) is 3.03. The van der Waals surface area contributed by atoms with Crippen molar-refractivity contribution in [2.75, 3.05) is 27.3 Å². The van der Waals surface area contributed by atoms with E-state index in [1.807, 2.05) is 23.6 Å². The largest absolute Gasteiger partial charge is 1.00 e. The van der Waals surface area contributed by atoms with Crippen LogP contribution in [0, 0.1) is 0 Å². The Bertz CT molecular complexity index is 556. The molecule has 0 radical (unpaired) electrons. The molecule has 6 heteroatoms. The Morgan fingerprint density at radius 1 is 1.30 bits per heavy atom. The standard InChI is InChI=1S/C14H18N2O3.ClH/c1-9-11-7-13(19-3)12(18-2)6-10(11)4-5-16(9)8-14(15)17;/h6-7H,4-5,8H2,1-3H3,(H-,15,17);1H. The van der Waals surface area contributed by atoms with Gasteiger partial charge in [-0.1, -0.05) is 0 Å². The van der Waals surface area contributed by atoms with Crippen molar-refractivity contribution in [3.05, 3.63) is 23.3 Å². The first-order valence-electron chi connectivity index (χ1n) is 6.19. The van der Waals surface area contributed by atoms with Gasteiger partial charge >= 0.3 is 0 Å². The highest BCUT2D eigenvalue weighted by Gasteiger charge is 2.25. The summed E-state index contributed by atoms with van der Waals surface area (Å²) in [5.74, 6) is 1.11. The monoisotopic (exact) mass is 298 g/mol. The molecule has 0 aromatic heterocycles. The number of halogens is 1. The molecule has 0 unspecified atom stereocenters. The fourth-order valence-corrected chi connectivity index (χ4v) is 2.44. The van der Waals surface area contributed by atoms with Crippen molar-refractivity contribution in [1.82, 2.24) is 0 Å².